The highest BCUT2D eigenvalue weighted by molar-refractivity contribution is 6.01. The normalized spacial score (nSPS) is 10.5. The molecule has 0 radical (unpaired) electrons. The summed E-state index contributed by atoms with van der Waals surface area (Å²) in [7, 11) is 4.55. The van der Waals surface area contributed by atoms with Gasteiger partial charge in [-0.15, -0.1) is 0 Å². The summed E-state index contributed by atoms with van der Waals surface area (Å²) in [5, 5.41) is 6.51. The Bertz CT molecular complexity index is 1030. The van der Waals surface area contributed by atoms with Crippen LogP contribution in [0.3, 0.4) is 0 Å². The van der Waals surface area contributed by atoms with Gasteiger partial charge < -0.3 is 29.4 Å². The molecule has 2 N–H and O–H groups in total. The van der Waals surface area contributed by atoms with Crippen LogP contribution in [0.15, 0.2) is 42.6 Å². The maximum atomic E-state index is 12.6. The maximum absolute atomic E-state index is 12.6. The van der Waals surface area contributed by atoms with Crippen molar-refractivity contribution in [1.82, 2.24) is 4.57 Å². The van der Waals surface area contributed by atoms with E-state index in [1.54, 1.807) is 12.1 Å². The van der Waals surface area contributed by atoms with Gasteiger partial charge in [0.2, 0.25) is 17.6 Å². The second kappa shape index (κ2) is 8.55. The van der Waals surface area contributed by atoms with Crippen molar-refractivity contribution in [2.75, 3.05) is 32.0 Å². The van der Waals surface area contributed by atoms with Crippen LogP contribution in [-0.4, -0.2) is 37.7 Å². The van der Waals surface area contributed by atoms with Crippen molar-refractivity contribution in [3.05, 3.63) is 42.6 Å². The number of benzene rings is 2. The summed E-state index contributed by atoms with van der Waals surface area (Å²) in [6, 6.07) is 10.8. The standard InChI is InChI=1S/C21H23N3O5/c1-13(25)22-16-6-5-7-17-15(16)8-9-24(17)12-20(26)23-14-10-18(27-2)21(29-4)19(11-14)28-3/h5-11H,12H2,1-4H3,(H,22,25)(H,23,26). The number of rotatable bonds is 7. The smallest absolute Gasteiger partial charge is 0.244 e. The molecule has 1 heterocycles. The van der Waals surface area contributed by atoms with Crippen LogP contribution < -0.4 is 24.8 Å². The molecule has 0 unspecified atom stereocenters. The SMILES string of the molecule is COc1cc(NC(=O)Cn2ccc3c(NC(C)=O)cccc32)cc(OC)c1OC. The van der Waals surface area contributed by atoms with Crippen molar-refractivity contribution >= 4 is 34.1 Å². The number of fused-ring (bicyclic) bond motifs is 1. The predicted octanol–water partition coefficient (Wildman–Crippen LogP) is 3.26. The van der Waals surface area contributed by atoms with Gasteiger partial charge in [-0.2, -0.15) is 0 Å². The van der Waals surface area contributed by atoms with Crippen molar-refractivity contribution in [2.24, 2.45) is 0 Å². The molecule has 0 saturated carbocycles. The molecule has 0 fully saturated rings. The van der Waals surface area contributed by atoms with E-state index in [0.29, 0.717) is 28.6 Å². The molecular weight excluding hydrogens is 374 g/mol. The summed E-state index contributed by atoms with van der Waals surface area (Å²) in [6.45, 7) is 1.56. The van der Waals surface area contributed by atoms with E-state index in [-0.39, 0.29) is 18.4 Å². The minimum atomic E-state index is -0.221. The van der Waals surface area contributed by atoms with Crippen molar-refractivity contribution < 1.29 is 23.8 Å². The Balaban J connectivity index is 1.82. The number of hydrogen-bond donors (Lipinski definition) is 2. The number of anilines is 2. The molecule has 152 valence electrons. The molecule has 29 heavy (non-hydrogen) atoms. The molecule has 0 atom stereocenters. The minimum Gasteiger partial charge on any atom is -0.493 e. The largest absolute Gasteiger partial charge is 0.493 e. The van der Waals surface area contributed by atoms with Crippen molar-refractivity contribution in [3.63, 3.8) is 0 Å². The number of methoxy groups -OCH3 is 3. The van der Waals surface area contributed by atoms with Gasteiger partial charge in [-0.25, -0.2) is 0 Å². The Labute approximate surface area is 168 Å². The van der Waals surface area contributed by atoms with Crippen LogP contribution in [0.5, 0.6) is 17.2 Å². The number of amides is 2. The summed E-state index contributed by atoms with van der Waals surface area (Å²) in [4.78, 5) is 24.0. The number of carbonyl (C=O) groups is 2. The Morgan fingerprint density at radius 1 is 0.966 bits per heavy atom. The zero-order valence-corrected chi connectivity index (χ0v) is 16.7. The number of aromatic nitrogens is 1. The van der Waals surface area contributed by atoms with E-state index in [9.17, 15) is 9.59 Å². The lowest BCUT2D eigenvalue weighted by Crippen LogP contribution is -2.18. The molecule has 3 rings (SSSR count). The van der Waals surface area contributed by atoms with Gasteiger partial charge in [0.1, 0.15) is 6.54 Å². The van der Waals surface area contributed by atoms with E-state index in [1.165, 1.54) is 28.3 Å². The summed E-state index contributed by atoms with van der Waals surface area (Å²) >= 11 is 0. The molecule has 0 saturated heterocycles. The van der Waals surface area contributed by atoms with Gasteiger partial charge in [-0.1, -0.05) is 6.07 Å². The zero-order valence-electron chi connectivity index (χ0n) is 16.7. The molecule has 3 aromatic rings. The van der Waals surface area contributed by atoms with Gasteiger partial charge >= 0.3 is 0 Å². The molecule has 8 nitrogen and oxygen atoms in total. The van der Waals surface area contributed by atoms with Crippen LogP contribution in [-0.2, 0) is 16.1 Å². The van der Waals surface area contributed by atoms with E-state index in [0.717, 1.165) is 10.9 Å². The Morgan fingerprint density at radius 3 is 2.24 bits per heavy atom. The number of nitrogens with zero attached hydrogens (tertiary/aromatic N) is 1. The highest BCUT2D eigenvalue weighted by Gasteiger charge is 2.15. The second-order valence-electron chi connectivity index (χ2n) is 6.33. The van der Waals surface area contributed by atoms with Gasteiger partial charge in [0.15, 0.2) is 11.5 Å². The number of hydrogen-bond acceptors (Lipinski definition) is 5. The Hall–Kier alpha value is -3.68. The molecule has 8 heteroatoms. The van der Waals surface area contributed by atoms with Crippen molar-refractivity contribution in [2.45, 2.75) is 13.5 Å². The molecule has 2 amide bonds. The second-order valence-corrected chi connectivity index (χ2v) is 6.33. The van der Waals surface area contributed by atoms with Gasteiger partial charge in [-0.05, 0) is 18.2 Å². The van der Waals surface area contributed by atoms with Crippen LogP contribution in [0.25, 0.3) is 10.9 Å². The molecule has 1 aromatic heterocycles. The fraction of sp³-hybridized carbons (Fsp3) is 0.238. The van der Waals surface area contributed by atoms with E-state index in [4.69, 9.17) is 14.2 Å². The monoisotopic (exact) mass is 397 g/mol. The third kappa shape index (κ3) is 4.26. The maximum Gasteiger partial charge on any atom is 0.244 e. The molecule has 0 aliphatic rings. The average Bonchev–Trinajstić information content (AvgIpc) is 3.10. The van der Waals surface area contributed by atoms with Crippen LogP contribution in [0.1, 0.15) is 6.92 Å². The summed E-state index contributed by atoms with van der Waals surface area (Å²) in [5.41, 5.74) is 2.08. The van der Waals surface area contributed by atoms with Gasteiger partial charge in [-0.3, -0.25) is 9.59 Å². The quantitative estimate of drug-likeness (QED) is 0.639. The first-order chi connectivity index (χ1) is 14.0. The van der Waals surface area contributed by atoms with E-state index < -0.39 is 0 Å². The first-order valence-electron chi connectivity index (χ1n) is 8.92. The summed E-state index contributed by atoms with van der Waals surface area (Å²) in [6.07, 6.45) is 1.81. The number of carbonyl (C=O) groups excluding carboxylic acids is 2. The lowest BCUT2D eigenvalue weighted by Gasteiger charge is -2.15. The van der Waals surface area contributed by atoms with Gasteiger partial charge in [0, 0.05) is 36.3 Å². The van der Waals surface area contributed by atoms with E-state index >= 15 is 0 Å². The van der Waals surface area contributed by atoms with Crippen molar-refractivity contribution in [1.29, 1.82) is 0 Å². The predicted molar refractivity (Wildman–Crippen MR) is 111 cm³/mol. The number of ether oxygens (including phenoxy) is 3. The Morgan fingerprint density at radius 2 is 1.66 bits per heavy atom. The molecule has 0 spiro atoms. The molecule has 0 aliphatic carbocycles. The lowest BCUT2D eigenvalue weighted by molar-refractivity contribution is -0.116. The van der Waals surface area contributed by atoms with E-state index in [2.05, 4.69) is 10.6 Å². The summed E-state index contributed by atoms with van der Waals surface area (Å²) in [5.74, 6) is 0.990. The number of nitrogens with one attached hydrogen (secondary N) is 2. The van der Waals surface area contributed by atoms with Crippen LogP contribution in [0.4, 0.5) is 11.4 Å². The third-order valence-corrected chi connectivity index (χ3v) is 4.39. The van der Waals surface area contributed by atoms with Crippen LogP contribution in [0, 0.1) is 0 Å². The van der Waals surface area contributed by atoms with Gasteiger partial charge in [0.05, 0.1) is 32.5 Å². The van der Waals surface area contributed by atoms with Crippen LogP contribution in [0.2, 0.25) is 0 Å². The van der Waals surface area contributed by atoms with Crippen LogP contribution >= 0.6 is 0 Å². The fourth-order valence-electron chi connectivity index (χ4n) is 3.17. The average molecular weight is 397 g/mol. The fourth-order valence-corrected chi connectivity index (χ4v) is 3.17. The first-order valence-corrected chi connectivity index (χ1v) is 8.92. The van der Waals surface area contributed by atoms with Gasteiger partial charge in [0.25, 0.3) is 0 Å². The first kappa shape index (κ1) is 20.1. The topological polar surface area (TPSA) is 90.8 Å². The molecule has 0 aliphatic heterocycles. The van der Waals surface area contributed by atoms with E-state index in [1.807, 2.05) is 35.0 Å². The highest BCUT2D eigenvalue weighted by Crippen LogP contribution is 2.39. The lowest BCUT2D eigenvalue weighted by atomic mass is 10.2. The Kier molecular flexibility index (Phi) is 5.92. The van der Waals surface area contributed by atoms with Crippen molar-refractivity contribution in [3.8, 4) is 17.2 Å². The highest BCUT2D eigenvalue weighted by atomic mass is 16.5. The summed E-state index contributed by atoms with van der Waals surface area (Å²) < 4.78 is 17.7. The molecular formula is C21H23N3O5. The minimum absolute atomic E-state index is 0.101. The third-order valence-electron chi connectivity index (χ3n) is 4.39. The zero-order chi connectivity index (χ0) is 21.0. The molecule has 0 bridgehead atoms. The molecule has 2 aromatic carbocycles.